The molecule has 1 spiro atoms. The fraction of sp³-hybridized carbons (Fsp3) is 0.519. The second-order valence-corrected chi connectivity index (χ2v) is 10.4. The number of unbranched alkanes of at least 4 members (excludes halogenated alkanes) is 1. The topological polar surface area (TPSA) is 96.4 Å². The van der Waals surface area contributed by atoms with E-state index in [0.29, 0.717) is 30.0 Å². The summed E-state index contributed by atoms with van der Waals surface area (Å²) in [6, 6.07) is 6.01. The molecule has 1 aromatic rings. The number of hydrogen-bond acceptors (Lipinski definition) is 6. The molecule has 4 aliphatic rings. The van der Waals surface area contributed by atoms with Crippen molar-refractivity contribution < 1.29 is 29.0 Å². The van der Waals surface area contributed by atoms with Gasteiger partial charge in [0.2, 0.25) is 5.91 Å². The van der Waals surface area contributed by atoms with Crippen molar-refractivity contribution in [2.45, 2.75) is 49.9 Å². The Hall–Kier alpha value is -2.68. The predicted molar refractivity (Wildman–Crippen MR) is 133 cm³/mol. The highest BCUT2D eigenvalue weighted by molar-refractivity contribution is 6.30. The maximum atomic E-state index is 14.2. The summed E-state index contributed by atoms with van der Waals surface area (Å²) in [6.45, 7) is 2.62. The SMILES string of the molecule is C[C@]12/C=C\CCCOC(=O)[C@H]1[C@H]1C(=O)N(CCCCO)C3C(=O)N(c4ccc(Cl)cc4)CC=C[C@@]31O2. The molecule has 192 valence electrons. The number of anilines is 1. The summed E-state index contributed by atoms with van der Waals surface area (Å²) in [5.41, 5.74) is -1.77. The molecule has 5 atom stereocenters. The van der Waals surface area contributed by atoms with Gasteiger partial charge in [-0.1, -0.05) is 35.9 Å². The van der Waals surface area contributed by atoms with Gasteiger partial charge in [-0.25, -0.2) is 0 Å². The van der Waals surface area contributed by atoms with Crippen LogP contribution in [0.3, 0.4) is 0 Å². The second kappa shape index (κ2) is 9.65. The normalized spacial score (nSPS) is 34.8. The lowest BCUT2D eigenvalue weighted by Crippen LogP contribution is -2.56. The van der Waals surface area contributed by atoms with Crippen molar-refractivity contribution in [3.63, 3.8) is 0 Å². The number of carbonyl (C=O) groups is 3. The highest BCUT2D eigenvalue weighted by Gasteiger charge is 2.74. The lowest BCUT2D eigenvalue weighted by atomic mass is 9.74. The van der Waals surface area contributed by atoms with E-state index in [9.17, 15) is 19.5 Å². The third kappa shape index (κ3) is 3.96. The Balaban J connectivity index is 1.61. The monoisotopic (exact) mass is 514 g/mol. The lowest BCUT2D eigenvalue weighted by molar-refractivity contribution is -0.158. The van der Waals surface area contributed by atoms with Gasteiger partial charge in [-0.15, -0.1) is 0 Å². The number of allylic oxidation sites excluding steroid dienone is 1. The van der Waals surface area contributed by atoms with E-state index in [4.69, 9.17) is 21.1 Å². The van der Waals surface area contributed by atoms with Crippen molar-refractivity contribution >= 4 is 35.1 Å². The van der Waals surface area contributed by atoms with Gasteiger partial charge in [-0.2, -0.15) is 0 Å². The fourth-order valence-electron chi connectivity index (χ4n) is 6.12. The molecule has 2 fully saturated rings. The number of aliphatic hydroxyl groups is 1. The zero-order valence-corrected chi connectivity index (χ0v) is 21.0. The average molecular weight is 515 g/mol. The van der Waals surface area contributed by atoms with Gasteiger partial charge in [0.25, 0.3) is 5.91 Å². The van der Waals surface area contributed by atoms with Gasteiger partial charge >= 0.3 is 5.97 Å². The molecule has 0 bridgehead atoms. The number of likely N-dealkylation sites (tertiary alicyclic amines) is 1. The molecule has 4 aliphatic heterocycles. The van der Waals surface area contributed by atoms with Crippen LogP contribution < -0.4 is 4.90 Å². The van der Waals surface area contributed by atoms with Crippen LogP contribution in [0.25, 0.3) is 0 Å². The molecule has 1 N–H and O–H groups in total. The molecular formula is C27H31ClN2O6. The minimum atomic E-state index is -1.32. The van der Waals surface area contributed by atoms with Gasteiger partial charge in [0, 0.05) is 30.4 Å². The summed E-state index contributed by atoms with van der Waals surface area (Å²) >= 11 is 6.07. The van der Waals surface area contributed by atoms with Crippen LogP contribution in [0.1, 0.15) is 32.6 Å². The largest absolute Gasteiger partial charge is 0.465 e. The lowest BCUT2D eigenvalue weighted by Gasteiger charge is -2.37. The zero-order chi connectivity index (χ0) is 25.5. The Morgan fingerprint density at radius 1 is 1.06 bits per heavy atom. The number of nitrogens with zero attached hydrogens (tertiary/aromatic N) is 2. The van der Waals surface area contributed by atoms with Gasteiger partial charge < -0.3 is 24.4 Å². The molecular weight excluding hydrogens is 484 g/mol. The van der Waals surface area contributed by atoms with E-state index in [1.807, 2.05) is 24.3 Å². The Kier molecular flexibility index (Phi) is 6.70. The van der Waals surface area contributed by atoms with E-state index in [1.165, 1.54) is 0 Å². The number of amides is 2. The van der Waals surface area contributed by atoms with Crippen LogP contribution in [0.2, 0.25) is 5.02 Å². The van der Waals surface area contributed by atoms with Gasteiger partial charge in [-0.05, 0) is 56.9 Å². The first-order chi connectivity index (χ1) is 17.3. The Morgan fingerprint density at radius 3 is 2.58 bits per heavy atom. The molecule has 9 heteroatoms. The molecule has 0 aliphatic carbocycles. The van der Waals surface area contributed by atoms with E-state index in [1.54, 1.807) is 41.0 Å². The van der Waals surface area contributed by atoms with Gasteiger partial charge in [0.15, 0.2) is 0 Å². The number of carbonyl (C=O) groups excluding carboxylic acids is 3. The number of hydrogen-bond donors (Lipinski definition) is 1. The summed E-state index contributed by atoms with van der Waals surface area (Å²) < 4.78 is 12.3. The smallest absolute Gasteiger partial charge is 0.313 e. The van der Waals surface area contributed by atoms with Crippen molar-refractivity contribution in [2.24, 2.45) is 11.8 Å². The zero-order valence-electron chi connectivity index (χ0n) is 20.3. The maximum Gasteiger partial charge on any atom is 0.313 e. The number of benzene rings is 1. The minimum Gasteiger partial charge on any atom is -0.465 e. The Bertz CT molecular complexity index is 1100. The van der Waals surface area contributed by atoms with Crippen LogP contribution in [0.5, 0.6) is 0 Å². The molecule has 1 aromatic carbocycles. The molecule has 4 heterocycles. The summed E-state index contributed by atoms with van der Waals surface area (Å²) in [6.07, 6.45) is 9.90. The van der Waals surface area contributed by atoms with Crippen LogP contribution in [-0.2, 0) is 23.9 Å². The first-order valence-electron chi connectivity index (χ1n) is 12.5. The third-order valence-electron chi connectivity index (χ3n) is 7.70. The number of cyclic esters (lactones) is 1. The van der Waals surface area contributed by atoms with E-state index in [-0.39, 0.29) is 38.1 Å². The molecule has 8 nitrogen and oxygen atoms in total. The highest BCUT2D eigenvalue weighted by atomic mass is 35.5. The van der Waals surface area contributed by atoms with E-state index in [0.717, 1.165) is 6.42 Å². The molecule has 2 amide bonds. The molecule has 2 saturated heterocycles. The van der Waals surface area contributed by atoms with Gasteiger partial charge in [0.05, 0.1) is 18.1 Å². The summed E-state index contributed by atoms with van der Waals surface area (Å²) in [7, 11) is 0. The van der Waals surface area contributed by atoms with Gasteiger partial charge in [0.1, 0.15) is 17.6 Å². The molecule has 0 saturated carbocycles. The van der Waals surface area contributed by atoms with Crippen molar-refractivity contribution in [1.29, 1.82) is 0 Å². The maximum absolute atomic E-state index is 14.2. The van der Waals surface area contributed by atoms with Crippen molar-refractivity contribution in [1.82, 2.24) is 4.90 Å². The first kappa shape index (κ1) is 25.0. The first-order valence-corrected chi connectivity index (χ1v) is 12.9. The summed E-state index contributed by atoms with van der Waals surface area (Å²) in [4.78, 5) is 44.8. The number of ether oxygens (including phenoxy) is 2. The van der Waals surface area contributed by atoms with Gasteiger partial charge in [-0.3, -0.25) is 14.4 Å². The summed E-state index contributed by atoms with van der Waals surface area (Å²) in [5.74, 6) is -2.84. The highest BCUT2D eigenvalue weighted by Crippen LogP contribution is 2.57. The van der Waals surface area contributed by atoms with E-state index < -0.39 is 35.0 Å². The number of halogens is 1. The number of esters is 1. The molecule has 5 rings (SSSR count). The standard InChI is InChI=1S/C27H31ClN2O6/c1-26-12-3-2-6-17-35-25(34)21(26)20-23(32)30(14-4-5-16-31)22-24(33)29(15-7-13-27(20,22)36-26)19-10-8-18(28)9-11-19/h3,7-13,20-22,31H,2,4-6,14-17H2,1H3/b12-3-/t20-,21+,22?,26-,27-/m0/s1. The molecule has 36 heavy (non-hydrogen) atoms. The summed E-state index contributed by atoms with van der Waals surface area (Å²) in [5, 5.41) is 9.88. The van der Waals surface area contributed by atoms with Crippen LogP contribution in [0, 0.1) is 11.8 Å². The van der Waals surface area contributed by atoms with Crippen molar-refractivity contribution in [2.75, 3.05) is 31.2 Å². The van der Waals surface area contributed by atoms with Crippen LogP contribution in [-0.4, -0.2) is 71.3 Å². The Morgan fingerprint density at radius 2 is 1.83 bits per heavy atom. The molecule has 1 unspecified atom stereocenters. The van der Waals surface area contributed by atoms with Crippen molar-refractivity contribution in [3.05, 3.63) is 53.6 Å². The molecule has 0 aromatic heterocycles. The third-order valence-corrected chi connectivity index (χ3v) is 7.95. The number of aliphatic hydroxyl groups excluding tert-OH is 1. The Labute approximate surface area is 215 Å². The number of rotatable bonds is 5. The van der Waals surface area contributed by atoms with Crippen LogP contribution >= 0.6 is 11.6 Å². The van der Waals surface area contributed by atoms with E-state index >= 15 is 0 Å². The fourth-order valence-corrected chi connectivity index (χ4v) is 6.25. The number of fused-ring (bicyclic) bond motifs is 2. The second-order valence-electron chi connectivity index (χ2n) is 10.00. The molecule has 0 radical (unpaired) electrons. The quantitative estimate of drug-likeness (QED) is 0.369. The van der Waals surface area contributed by atoms with Crippen LogP contribution in [0.4, 0.5) is 5.69 Å². The predicted octanol–water partition coefficient (Wildman–Crippen LogP) is 2.88. The minimum absolute atomic E-state index is 0.0136. The van der Waals surface area contributed by atoms with E-state index in [2.05, 4.69) is 0 Å². The van der Waals surface area contributed by atoms with Crippen LogP contribution in [0.15, 0.2) is 48.6 Å². The average Bonchev–Trinajstić information content (AvgIpc) is 3.19. The van der Waals surface area contributed by atoms with Crippen molar-refractivity contribution in [3.8, 4) is 0 Å².